The number of nitrogens with zero attached hydrogens (tertiary/aromatic N) is 2. The van der Waals surface area contributed by atoms with Crippen LogP contribution in [0.25, 0.3) is 0 Å². The van der Waals surface area contributed by atoms with Crippen molar-refractivity contribution in [1.82, 2.24) is 15.3 Å². The first-order chi connectivity index (χ1) is 7.38. The van der Waals surface area contributed by atoms with Crippen LogP contribution in [0.15, 0.2) is 24.5 Å². The second kappa shape index (κ2) is 4.73. The van der Waals surface area contributed by atoms with Crippen LogP contribution in [-0.4, -0.2) is 9.97 Å². The number of thiophene rings is 1. The van der Waals surface area contributed by atoms with Crippen molar-refractivity contribution >= 4 is 11.3 Å². The van der Waals surface area contributed by atoms with E-state index in [1.807, 2.05) is 12.1 Å². The van der Waals surface area contributed by atoms with Crippen molar-refractivity contribution in [3.8, 4) is 6.07 Å². The Balaban J connectivity index is 1.81. The molecule has 0 aromatic carbocycles. The first kappa shape index (κ1) is 9.90. The minimum Gasteiger partial charge on any atom is -0.348 e. The zero-order valence-electron chi connectivity index (χ0n) is 8.03. The lowest BCUT2D eigenvalue weighted by atomic mass is 10.4. The Bertz CT molecular complexity index is 452. The first-order valence-corrected chi connectivity index (χ1v) is 5.38. The van der Waals surface area contributed by atoms with Gasteiger partial charge in [-0.05, 0) is 12.1 Å². The zero-order valence-corrected chi connectivity index (χ0v) is 8.84. The van der Waals surface area contributed by atoms with Crippen LogP contribution < -0.4 is 5.32 Å². The number of H-pyrrole nitrogens is 1. The summed E-state index contributed by atoms with van der Waals surface area (Å²) in [6.45, 7) is 1.49. The Morgan fingerprint density at radius 1 is 1.47 bits per heavy atom. The summed E-state index contributed by atoms with van der Waals surface area (Å²) in [4.78, 5) is 9.04. The van der Waals surface area contributed by atoms with Crippen molar-refractivity contribution in [2.45, 2.75) is 13.1 Å². The number of nitrogens with one attached hydrogen (secondary N) is 2. The third-order valence-electron chi connectivity index (χ3n) is 1.92. The van der Waals surface area contributed by atoms with Crippen LogP contribution >= 0.6 is 11.3 Å². The molecule has 0 spiro atoms. The molecule has 4 nitrogen and oxygen atoms in total. The van der Waals surface area contributed by atoms with Gasteiger partial charge in [-0.1, -0.05) is 0 Å². The van der Waals surface area contributed by atoms with E-state index in [2.05, 4.69) is 21.4 Å². The predicted molar refractivity (Wildman–Crippen MR) is 58.2 cm³/mol. The highest BCUT2D eigenvalue weighted by molar-refractivity contribution is 7.12. The Hall–Kier alpha value is -1.64. The summed E-state index contributed by atoms with van der Waals surface area (Å²) in [7, 11) is 0. The van der Waals surface area contributed by atoms with Crippen LogP contribution in [0.2, 0.25) is 0 Å². The van der Waals surface area contributed by atoms with Crippen LogP contribution in [0.4, 0.5) is 0 Å². The van der Waals surface area contributed by atoms with E-state index in [0.29, 0.717) is 6.54 Å². The molecule has 0 atom stereocenters. The Morgan fingerprint density at radius 2 is 2.40 bits per heavy atom. The molecule has 2 rings (SSSR count). The second-order valence-electron chi connectivity index (χ2n) is 3.02. The third-order valence-corrected chi connectivity index (χ3v) is 2.91. The van der Waals surface area contributed by atoms with Gasteiger partial charge in [-0.2, -0.15) is 5.26 Å². The van der Waals surface area contributed by atoms with Crippen LogP contribution in [0.1, 0.15) is 15.6 Å². The maximum absolute atomic E-state index is 8.65. The molecule has 0 aliphatic rings. The van der Waals surface area contributed by atoms with E-state index in [4.69, 9.17) is 5.26 Å². The molecule has 0 bridgehead atoms. The van der Waals surface area contributed by atoms with E-state index in [1.54, 1.807) is 12.4 Å². The number of aromatic amines is 1. The average Bonchev–Trinajstić information content (AvgIpc) is 2.88. The van der Waals surface area contributed by atoms with Crippen LogP contribution in [-0.2, 0) is 13.1 Å². The standard InChI is InChI=1S/C10H10N4S/c11-5-8-1-2-9(15-8)6-12-7-10-13-3-4-14-10/h1-4,12H,6-7H2,(H,13,14). The fraction of sp³-hybridized carbons (Fsp3) is 0.200. The van der Waals surface area contributed by atoms with Crippen molar-refractivity contribution in [1.29, 1.82) is 5.26 Å². The third kappa shape index (κ3) is 2.65. The van der Waals surface area contributed by atoms with Crippen LogP contribution in [0, 0.1) is 11.3 Å². The molecule has 0 aliphatic heterocycles. The molecule has 0 saturated carbocycles. The summed E-state index contributed by atoms with van der Waals surface area (Å²) in [6.07, 6.45) is 3.53. The average molecular weight is 218 g/mol. The fourth-order valence-corrected chi connectivity index (χ4v) is 2.01. The molecular weight excluding hydrogens is 208 g/mol. The van der Waals surface area contributed by atoms with E-state index in [0.717, 1.165) is 22.1 Å². The van der Waals surface area contributed by atoms with Crippen LogP contribution in [0.5, 0.6) is 0 Å². The van der Waals surface area contributed by atoms with Crippen molar-refractivity contribution in [2.75, 3.05) is 0 Å². The summed E-state index contributed by atoms with van der Waals surface area (Å²) >= 11 is 1.52. The topological polar surface area (TPSA) is 64.5 Å². The lowest BCUT2D eigenvalue weighted by Crippen LogP contribution is -2.12. The number of imidazole rings is 1. The number of hydrogen-bond acceptors (Lipinski definition) is 4. The van der Waals surface area contributed by atoms with E-state index in [-0.39, 0.29) is 0 Å². The van der Waals surface area contributed by atoms with Gasteiger partial charge in [0.25, 0.3) is 0 Å². The van der Waals surface area contributed by atoms with Gasteiger partial charge in [0, 0.05) is 23.8 Å². The first-order valence-electron chi connectivity index (χ1n) is 4.56. The van der Waals surface area contributed by atoms with E-state index in [9.17, 15) is 0 Å². The number of hydrogen-bond donors (Lipinski definition) is 2. The maximum atomic E-state index is 8.65. The van der Waals surface area contributed by atoms with Gasteiger partial charge in [0.05, 0.1) is 6.54 Å². The molecule has 2 N–H and O–H groups in total. The molecule has 0 aliphatic carbocycles. The van der Waals surface area contributed by atoms with Gasteiger partial charge in [0.1, 0.15) is 16.8 Å². The highest BCUT2D eigenvalue weighted by atomic mass is 32.1. The molecule has 0 unspecified atom stereocenters. The molecule has 5 heteroatoms. The van der Waals surface area contributed by atoms with E-state index in [1.165, 1.54) is 11.3 Å². The lowest BCUT2D eigenvalue weighted by molar-refractivity contribution is 0.675. The molecule has 2 aromatic rings. The molecule has 15 heavy (non-hydrogen) atoms. The van der Waals surface area contributed by atoms with Crippen LogP contribution in [0.3, 0.4) is 0 Å². The van der Waals surface area contributed by atoms with Crippen molar-refractivity contribution in [3.05, 3.63) is 40.1 Å². The molecule has 2 aromatic heterocycles. The Morgan fingerprint density at radius 3 is 3.07 bits per heavy atom. The molecular formula is C10H10N4S. The largest absolute Gasteiger partial charge is 0.348 e. The van der Waals surface area contributed by atoms with Gasteiger partial charge in [0.2, 0.25) is 0 Å². The van der Waals surface area contributed by atoms with Gasteiger partial charge in [-0.15, -0.1) is 11.3 Å². The Labute approximate surface area is 91.6 Å². The van der Waals surface area contributed by atoms with Gasteiger partial charge in [-0.3, -0.25) is 0 Å². The molecule has 0 amide bonds. The zero-order chi connectivity index (χ0) is 10.5. The normalized spacial score (nSPS) is 10.1. The summed E-state index contributed by atoms with van der Waals surface area (Å²) < 4.78 is 0. The van der Waals surface area contributed by atoms with Crippen molar-refractivity contribution < 1.29 is 0 Å². The summed E-state index contributed by atoms with van der Waals surface area (Å²) in [6, 6.07) is 5.94. The summed E-state index contributed by atoms with van der Waals surface area (Å²) in [5.74, 6) is 0.923. The molecule has 76 valence electrons. The number of aromatic nitrogens is 2. The lowest BCUT2D eigenvalue weighted by Gasteiger charge is -1.99. The molecule has 0 saturated heterocycles. The monoisotopic (exact) mass is 218 g/mol. The van der Waals surface area contributed by atoms with Crippen molar-refractivity contribution in [3.63, 3.8) is 0 Å². The van der Waals surface area contributed by atoms with Gasteiger partial charge in [0.15, 0.2) is 0 Å². The predicted octanol–water partition coefficient (Wildman–Crippen LogP) is 1.63. The van der Waals surface area contributed by atoms with Gasteiger partial charge < -0.3 is 10.3 Å². The number of nitriles is 1. The minimum absolute atomic E-state index is 0.715. The van der Waals surface area contributed by atoms with E-state index >= 15 is 0 Å². The van der Waals surface area contributed by atoms with Crippen molar-refractivity contribution in [2.24, 2.45) is 0 Å². The van der Waals surface area contributed by atoms with E-state index < -0.39 is 0 Å². The molecule has 2 heterocycles. The molecule has 0 fully saturated rings. The highest BCUT2D eigenvalue weighted by Crippen LogP contribution is 2.14. The second-order valence-corrected chi connectivity index (χ2v) is 4.19. The fourth-order valence-electron chi connectivity index (χ4n) is 1.23. The quantitative estimate of drug-likeness (QED) is 0.819. The highest BCUT2D eigenvalue weighted by Gasteiger charge is 1.99. The Kier molecular flexibility index (Phi) is 3.12. The number of rotatable bonds is 4. The smallest absolute Gasteiger partial charge is 0.120 e. The SMILES string of the molecule is N#Cc1ccc(CNCc2ncc[nH]2)s1. The minimum atomic E-state index is 0.715. The maximum Gasteiger partial charge on any atom is 0.120 e. The molecule has 0 radical (unpaired) electrons. The summed E-state index contributed by atoms with van der Waals surface area (Å²) in [5, 5.41) is 11.9. The van der Waals surface area contributed by atoms with Gasteiger partial charge >= 0.3 is 0 Å². The summed E-state index contributed by atoms with van der Waals surface area (Å²) in [5.41, 5.74) is 0. The van der Waals surface area contributed by atoms with Gasteiger partial charge in [-0.25, -0.2) is 4.98 Å².